The summed E-state index contributed by atoms with van der Waals surface area (Å²) < 4.78 is 5.44. The van der Waals surface area contributed by atoms with E-state index in [1.54, 1.807) is 6.08 Å². The van der Waals surface area contributed by atoms with Gasteiger partial charge in [-0.25, -0.2) is 0 Å². The lowest BCUT2D eigenvalue weighted by atomic mass is 10.0. The number of nitrogens with one attached hydrogen (secondary N) is 1. The van der Waals surface area contributed by atoms with Crippen LogP contribution in [0.2, 0.25) is 0 Å². The third kappa shape index (κ3) is 51.0. The van der Waals surface area contributed by atoms with Gasteiger partial charge in [-0.2, -0.15) is 0 Å². The van der Waals surface area contributed by atoms with Gasteiger partial charge in [-0.05, 0) is 89.9 Å². The van der Waals surface area contributed by atoms with Crippen molar-refractivity contribution in [2.24, 2.45) is 0 Å². The first-order valence-electron chi connectivity index (χ1n) is 28.6. The highest BCUT2D eigenvalue weighted by atomic mass is 16.5. The molecule has 0 aliphatic carbocycles. The largest absolute Gasteiger partial charge is 0.466 e. The standard InChI is InChI=1S/C60H109NO5/c1-3-5-7-9-11-13-15-17-19-25-28-32-36-40-44-48-52-58(63)57(56-62)61-59(64)53-49-45-41-37-33-29-26-23-21-20-22-24-27-31-35-39-43-47-51-55-66-60(65)54-50-46-42-38-34-30-18-16-14-12-10-8-6-4-2/h10,12,16,18,24,27,31,35,48,52,57-58,62-63H,3-9,11,13-15,17,19-23,25-26,28-30,32-34,36-47,49-51,53-56H2,1-2H3,(H,61,64)/b12-10-,18-16-,27-24-,35-31-,52-48+. The van der Waals surface area contributed by atoms with Crippen molar-refractivity contribution in [2.45, 2.75) is 296 Å². The number of unbranched alkanes of at least 4 members (excludes halogenated alkanes) is 34. The number of aliphatic hydroxyl groups is 2. The molecule has 66 heavy (non-hydrogen) atoms. The van der Waals surface area contributed by atoms with Gasteiger partial charge in [0.05, 0.1) is 25.4 Å². The quantitative estimate of drug-likeness (QED) is 0.0244. The highest BCUT2D eigenvalue weighted by Gasteiger charge is 2.18. The fourth-order valence-electron chi connectivity index (χ4n) is 8.35. The van der Waals surface area contributed by atoms with Crippen LogP contribution < -0.4 is 5.32 Å². The van der Waals surface area contributed by atoms with Crippen molar-refractivity contribution in [1.82, 2.24) is 5.32 Å². The summed E-state index contributed by atoms with van der Waals surface area (Å²) in [6.07, 6.45) is 70.9. The first-order valence-corrected chi connectivity index (χ1v) is 28.6. The maximum absolute atomic E-state index is 12.5. The second-order valence-corrected chi connectivity index (χ2v) is 19.3. The predicted octanol–water partition coefficient (Wildman–Crippen LogP) is 17.6. The molecule has 384 valence electrons. The van der Waals surface area contributed by atoms with E-state index in [1.807, 2.05) is 6.08 Å². The van der Waals surface area contributed by atoms with Crippen molar-refractivity contribution in [1.29, 1.82) is 0 Å². The van der Waals surface area contributed by atoms with E-state index in [4.69, 9.17) is 4.74 Å². The number of carbonyl (C=O) groups is 2. The van der Waals surface area contributed by atoms with Gasteiger partial charge in [0.1, 0.15) is 0 Å². The summed E-state index contributed by atoms with van der Waals surface area (Å²) in [4.78, 5) is 24.5. The van der Waals surface area contributed by atoms with Crippen LogP contribution in [0.5, 0.6) is 0 Å². The highest BCUT2D eigenvalue weighted by molar-refractivity contribution is 5.76. The van der Waals surface area contributed by atoms with E-state index in [2.05, 4.69) is 67.8 Å². The Morgan fingerprint density at radius 3 is 1.29 bits per heavy atom. The zero-order chi connectivity index (χ0) is 47.9. The minimum atomic E-state index is -0.853. The highest BCUT2D eigenvalue weighted by Crippen LogP contribution is 2.16. The van der Waals surface area contributed by atoms with Gasteiger partial charge in [-0.1, -0.05) is 242 Å². The fourth-order valence-corrected chi connectivity index (χ4v) is 8.35. The summed E-state index contributed by atoms with van der Waals surface area (Å²) in [6, 6.07) is -0.637. The lowest BCUT2D eigenvalue weighted by molar-refractivity contribution is -0.143. The zero-order valence-corrected chi connectivity index (χ0v) is 43.7. The summed E-state index contributed by atoms with van der Waals surface area (Å²) in [6.45, 7) is 4.81. The maximum atomic E-state index is 12.5. The number of hydrogen-bond acceptors (Lipinski definition) is 5. The van der Waals surface area contributed by atoms with Gasteiger partial charge < -0.3 is 20.3 Å². The van der Waals surface area contributed by atoms with E-state index >= 15 is 0 Å². The number of carbonyl (C=O) groups excluding carboxylic acids is 2. The Hall–Kier alpha value is -2.44. The van der Waals surface area contributed by atoms with E-state index < -0.39 is 12.1 Å². The molecule has 0 fully saturated rings. The Bertz CT molecular complexity index is 1160. The minimum absolute atomic E-state index is 0.0296. The topological polar surface area (TPSA) is 95.9 Å². The number of allylic oxidation sites excluding steroid dienone is 9. The molecule has 6 heteroatoms. The molecular formula is C60H109NO5. The summed E-state index contributed by atoms with van der Waals surface area (Å²) in [5.74, 6) is -0.108. The van der Waals surface area contributed by atoms with E-state index in [1.165, 1.54) is 167 Å². The second kappa shape index (κ2) is 55.2. The van der Waals surface area contributed by atoms with Gasteiger partial charge >= 0.3 is 5.97 Å². The van der Waals surface area contributed by atoms with Crippen molar-refractivity contribution in [3.63, 3.8) is 0 Å². The normalized spacial score (nSPS) is 13.1. The number of hydrogen-bond donors (Lipinski definition) is 3. The van der Waals surface area contributed by atoms with Gasteiger partial charge in [-0.15, -0.1) is 0 Å². The molecule has 0 rings (SSSR count). The van der Waals surface area contributed by atoms with Crippen molar-refractivity contribution >= 4 is 11.9 Å². The van der Waals surface area contributed by atoms with Crippen LogP contribution in [0.15, 0.2) is 60.8 Å². The predicted molar refractivity (Wildman–Crippen MR) is 287 cm³/mol. The number of ether oxygens (including phenoxy) is 1. The van der Waals surface area contributed by atoms with Crippen molar-refractivity contribution in [3.05, 3.63) is 60.8 Å². The first kappa shape index (κ1) is 63.6. The summed E-state index contributed by atoms with van der Waals surface area (Å²) >= 11 is 0. The Balaban J connectivity index is 3.53. The van der Waals surface area contributed by atoms with Gasteiger partial charge in [0.25, 0.3) is 0 Å². The van der Waals surface area contributed by atoms with E-state index in [9.17, 15) is 19.8 Å². The van der Waals surface area contributed by atoms with Crippen LogP contribution in [0.1, 0.15) is 284 Å². The molecule has 0 aromatic heterocycles. The van der Waals surface area contributed by atoms with Gasteiger partial charge in [0.2, 0.25) is 5.91 Å². The van der Waals surface area contributed by atoms with Crippen LogP contribution in [0, 0.1) is 0 Å². The Labute approximate surface area is 409 Å². The molecule has 3 N–H and O–H groups in total. The average Bonchev–Trinajstić information content (AvgIpc) is 3.32. The van der Waals surface area contributed by atoms with E-state index in [0.29, 0.717) is 19.4 Å². The number of amides is 1. The molecule has 0 radical (unpaired) electrons. The Kier molecular flexibility index (Phi) is 53.1. The van der Waals surface area contributed by atoms with Crippen molar-refractivity contribution in [2.75, 3.05) is 13.2 Å². The van der Waals surface area contributed by atoms with Gasteiger partial charge in [0, 0.05) is 12.8 Å². The van der Waals surface area contributed by atoms with Gasteiger partial charge in [0.15, 0.2) is 0 Å². The maximum Gasteiger partial charge on any atom is 0.305 e. The molecule has 0 saturated carbocycles. The molecule has 0 saturated heterocycles. The van der Waals surface area contributed by atoms with Crippen LogP contribution >= 0.6 is 0 Å². The molecule has 0 aromatic rings. The molecule has 1 amide bonds. The van der Waals surface area contributed by atoms with E-state index in [0.717, 1.165) is 89.9 Å². The van der Waals surface area contributed by atoms with E-state index in [-0.39, 0.29) is 18.5 Å². The lowest BCUT2D eigenvalue weighted by Gasteiger charge is -2.20. The smallest absolute Gasteiger partial charge is 0.305 e. The molecule has 0 aromatic carbocycles. The molecule has 2 atom stereocenters. The first-order chi connectivity index (χ1) is 32.5. The van der Waals surface area contributed by atoms with Crippen LogP contribution in [-0.2, 0) is 14.3 Å². The average molecular weight is 925 g/mol. The molecule has 2 unspecified atom stereocenters. The SMILES string of the molecule is CCCC/C=C\C/C=C\CCCCCCCC(=O)OCCCCC/C=C\C=C/CCCCCCCCCCCCC(=O)NC(CO)C(O)/C=C/CCCCCCCCCCCCCCCC. The summed E-state index contributed by atoms with van der Waals surface area (Å²) in [7, 11) is 0. The second-order valence-electron chi connectivity index (χ2n) is 19.3. The molecule has 0 bridgehead atoms. The lowest BCUT2D eigenvalue weighted by Crippen LogP contribution is -2.45. The van der Waals surface area contributed by atoms with Crippen molar-refractivity contribution < 1.29 is 24.5 Å². The molecule has 6 nitrogen and oxygen atoms in total. The minimum Gasteiger partial charge on any atom is -0.466 e. The number of rotatable bonds is 52. The van der Waals surface area contributed by atoms with Crippen LogP contribution in [0.4, 0.5) is 0 Å². The molecule has 0 aliphatic heterocycles. The fraction of sp³-hybridized carbons (Fsp3) is 0.800. The monoisotopic (exact) mass is 924 g/mol. The number of esters is 1. The van der Waals surface area contributed by atoms with Gasteiger partial charge in [-0.3, -0.25) is 9.59 Å². The van der Waals surface area contributed by atoms with Crippen LogP contribution in [-0.4, -0.2) is 47.4 Å². The molecular weight excluding hydrogens is 815 g/mol. The van der Waals surface area contributed by atoms with Crippen molar-refractivity contribution in [3.8, 4) is 0 Å². The number of aliphatic hydroxyl groups excluding tert-OH is 2. The molecule has 0 aliphatic rings. The third-order valence-corrected chi connectivity index (χ3v) is 12.8. The molecule has 0 spiro atoms. The Morgan fingerprint density at radius 2 is 0.818 bits per heavy atom. The Morgan fingerprint density at radius 1 is 0.439 bits per heavy atom. The molecule has 0 heterocycles. The summed E-state index contributed by atoms with van der Waals surface area (Å²) in [5, 5.41) is 23.1. The summed E-state index contributed by atoms with van der Waals surface area (Å²) in [5.41, 5.74) is 0. The zero-order valence-electron chi connectivity index (χ0n) is 43.7. The van der Waals surface area contributed by atoms with Crippen LogP contribution in [0.25, 0.3) is 0 Å². The van der Waals surface area contributed by atoms with Crippen LogP contribution in [0.3, 0.4) is 0 Å². The third-order valence-electron chi connectivity index (χ3n) is 12.8.